The average Bonchev–Trinajstić information content (AvgIpc) is 2.89. The van der Waals surface area contributed by atoms with E-state index in [2.05, 4.69) is 26.2 Å². The lowest BCUT2D eigenvalue weighted by molar-refractivity contribution is 0.470. The fraction of sp³-hybridized carbons (Fsp3) is 0.417. The highest BCUT2D eigenvalue weighted by Crippen LogP contribution is 2.24. The number of aromatic nitrogens is 2. The maximum atomic E-state index is 9.55. The number of rotatable bonds is 2. The molecule has 1 aliphatic heterocycles. The molecule has 0 saturated carbocycles. The van der Waals surface area contributed by atoms with E-state index in [9.17, 15) is 5.11 Å². The molecule has 0 aromatic carbocycles. The van der Waals surface area contributed by atoms with Crippen LogP contribution in [0, 0.1) is 5.92 Å². The number of halogens is 1. The van der Waals surface area contributed by atoms with Crippen LogP contribution in [-0.2, 0) is 6.42 Å². The number of hydrogen-bond acceptors (Lipinski definition) is 3. The summed E-state index contributed by atoms with van der Waals surface area (Å²) in [6.07, 6.45) is 3.87. The minimum absolute atomic E-state index is 0.271. The third kappa shape index (κ3) is 2.05. The van der Waals surface area contributed by atoms with Crippen LogP contribution >= 0.6 is 15.9 Å². The monoisotopic (exact) mass is 295 g/mol. The number of hydrogen-bond donors (Lipinski definition) is 2. The molecule has 5 heteroatoms. The summed E-state index contributed by atoms with van der Waals surface area (Å²) in [6, 6.07) is 3.56. The zero-order valence-electron chi connectivity index (χ0n) is 9.36. The predicted octanol–water partition coefficient (Wildman–Crippen LogP) is 1.95. The zero-order chi connectivity index (χ0) is 11.8. The quantitative estimate of drug-likeness (QED) is 0.890. The molecule has 3 heterocycles. The second-order valence-corrected chi connectivity index (χ2v) is 5.28. The van der Waals surface area contributed by atoms with Gasteiger partial charge in [-0.25, -0.2) is 4.98 Å². The highest BCUT2D eigenvalue weighted by Gasteiger charge is 2.18. The van der Waals surface area contributed by atoms with Crippen LogP contribution in [0.3, 0.4) is 0 Å². The van der Waals surface area contributed by atoms with Crippen LogP contribution in [0.2, 0.25) is 0 Å². The average molecular weight is 296 g/mol. The van der Waals surface area contributed by atoms with Crippen LogP contribution in [-0.4, -0.2) is 27.6 Å². The van der Waals surface area contributed by atoms with Crippen molar-refractivity contribution in [2.75, 3.05) is 13.1 Å². The molecule has 1 saturated heterocycles. The van der Waals surface area contributed by atoms with E-state index < -0.39 is 0 Å². The van der Waals surface area contributed by atoms with Gasteiger partial charge in [-0.05, 0) is 53.5 Å². The molecule has 17 heavy (non-hydrogen) atoms. The van der Waals surface area contributed by atoms with E-state index in [0.29, 0.717) is 5.92 Å². The van der Waals surface area contributed by atoms with Gasteiger partial charge in [-0.2, -0.15) is 0 Å². The van der Waals surface area contributed by atoms with Gasteiger partial charge in [-0.1, -0.05) is 0 Å². The summed E-state index contributed by atoms with van der Waals surface area (Å²) in [5.74, 6) is 1.93. The first-order valence-corrected chi connectivity index (χ1v) is 6.59. The lowest BCUT2D eigenvalue weighted by Gasteiger charge is -2.07. The number of pyridine rings is 1. The summed E-state index contributed by atoms with van der Waals surface area (Å²) in [7, 11) is 0. The largest absolute Gasteiger partial charge is 0.506 e. The molecule has 0 bridgehead atoms. The summed E-state index contributed by atoms with van der Waals surface area (Å²) in [6.45, 7) is 2.16. The molecule has 2 aromatic heterocycles. The number of nitrogens with one attached hydrogen (secondary N) is 1. The van der Waals surface area contributed by atoms with Gasteiger partial charge in [-0.15, -0.1) is 0 Å². The Labute approximate surface area is 108 Å². The molecule has 2 aromatic rings. The van der Waals surface area contributed by atoms with Crippen LogP contribution in [0.4, 0.5) is 0 Å². The molecule has 3 rings (SSSR count). The van der Waals surface area contributed by atoms with Gasteiger partial charge < -0.3 is 10.4 Å². The van der Waals surface area contributed by atoms with Crippen LogP contribution in [0.15, 0.2) is 22.9 Å². The Hall–Kier alpha value is -1.07. The Morgan fingerprint density at radius 3 is 3.18 bits per heavy atom. The molecular formula is C12H14BrN3O. The molecule has 2 N–H and O–H groups in total. The van der Waals surface area contributed by atoms with Crippen LogP contribution in [0.5, 0.6) is 5.75 Å². The third-order valence-electron chi connectivity index (χ3n) is 3.28. The molecule has 0 aliphatic carbocycles. The van der Waals surface area contributed by atoms with Gasteiger partial charge in [0, 0.05) is 6.42 Å². The van der Waals surface area contributed by atoms with Crippen LogP contribution in [0.25, 0.3) is 5.52 Å². The van der Waals surface area contributed by atoms with Gasteiger partial charge in [0.15, 0.2) is 0 Å². The fourth-order valence-corrected chi connectivity index (χ4v) is 2.91. The summed E-state index contributed by atoms with van der Waals surface area (Å²) in [5, 5.41) is 12.9. The second-order valence-electron chi connectivity index (χ2n) is 4.52. The van der Waals surface area contributed by atoms with Crippen molar-refractivity contribution in [2.45, 2.75) is 12.8 Å². The van der Waals surface area contributed by atoms with Gasteiger partial charge in [0.2, 0.25) is 0 Å². The summed E-state index contributed by atoms with van der Waals surface area (Å²) < 4.78 is 2.82. The van der Waals surface area contributed by atoms with E-state index in [-0.39, 0.29) is 5.75 Å². The minimum Gasteiger partial charge on any atom is -0.506 e. The number of fused-ring (bicyclic) bond motifs is 1. The van der Waals surface area contributed by atoms with Crippen molar-refractivity contribution in [3.8, 4) is 5.75 Å². The topological polar surface area (TPSA) is 49.6 Å². The van der Waals surface area contributed by atoms with Gasteiger partial charge in [0.25, 0.3) is 0 Å². The van der Waals surface area contributed by atoms with E-state index in [1.165, 1.54) is 6.42 Å². The Kier molecular flexibility index (Phi) is 2.80. The highest BCUT2D eigenvalue weighted by atomic mass is 79.9. The lowest BCUT2D eigenvalue weighted by Crippen LogP contribution is -2.12. The third-order valence-corrected chi connectivity index (χ3v) is 3.87. The van der Waals surface area contributed by atoms with E-state index in [1.54, 1.807) is 12.3 Å². The van der Waals surface area contributed by atoms with E-state index in [1.807, 2.05) is 10.5 Å². The Bertz CT molecular complexity index is 546. The standard InChI is InChI=1S/C12H14BrN3O/c13-12-10-2-1-9(17)7-16(10)11(15-12)5-8-3-4-14-6-8/h1-2,7-8,14,17H,3-6H2. The van der Waals surface area contributed by atoms with Gasteiger partial charge in [0.1, 0.15) is 16.2 Å². The summed E-state index contributed by atoms with van der Waals surface area (Å²) >= 11 is 3.46. The van der Waals surface area contributed by atoms with Gasteiger partial charge in [0.05, 0.1) is 11.7 Å². The molecule has 0 radical (unpaired) electrons. The molecule has 0 spiro atoms. The lowest BCUT2D eigenvalue weighted by atomic mass is 10.1. The maximum absolute atomic E-state index is 9.55. The fourth-order valence-electron chi connectivity index (χ4n) is 2.39. The number of imidazole rings is 1. The van der Waals surface area contributed by atoms with Crippen molar-refractivity contribution in [1.82, 2.24) is 14.7 Å². The van der Waals surface area contributed by atoms with E-state index >= 15 is 0 Å². The minimum atomic E-state index is 0.271. The van der Waals surface area contributed by atoms with Crippen molar-refractivity contribution in [1.29, 1.82) is 0 Å². The van der Waals surface area contributed by atoms with Crippen molar-refractivity contribution < 1.29 is 5.11 Å². The molecule has 1 atom stereocenters. The first kappa shape index (κ1) is 11.0. The smallest absolute Gasteiger partial charge is 0.132 e. The molecule has 1 aliphatic rings. The van der Waals surface area contributed by atoms with Gasteiger partial charge >= 0.3 is 0 Å². The normalized spacial score (nSPS) is 20.2. The SMILES string of the molecule is Oc1ccc2c(Br)nc(CC3CCNC3)n2c1. The van der Waals surface area contributed by atoms with Gasteiger partial charge in [-0.3, -0.25) is 4.40 Å². The number of nitrogens with zero attached hydrogens (tertiary/aromatic N) is 2. The highest BCUT2D eigenvalue weighted by molar-refractivity contribution is 9.10. The molecule has 1 unspecified atom stereocenters. The molecule has 0 amide bonds. The van der Waals surface area contributed by atoms with Crippen LogP contribution in [0.1, 0.15) is 12.2 Å². The maximum Gasteiger partial charge on any atom is 0.132 e. The van der Waals surface area contributed by atoms with Crippen molar-refractivity contribution in [2.24, 2.45) is 5.92 Å². The first-order valence-electron chi connectivity index (χ1n) is 5.80. The van der Waals surface area contributed by atoms with Crippen molar-refractivity contribution in [3.63, 3.8) is 0 Å². The summed E-state index contributed by atoms with van der Waals surface area (Å²) in [5.41, 5.74) is 1.00. The Morgan fingerprint density at radius 1 is 1.53 bits per heavy atom. The predicted molar refractivity (Wildman–Crippen MR) is 69.2 cm³/mol. The van der Waals surface area contributed by atoms with E-state index in [0.717, 1.165) is 35.5 Å². The number of aromatic hydroxyl groups is 1. The zero-order valence-corrected chi connectivity index (χ0v) is 10.9. The van der Waals surface area contributed by atoms with Crippen LogP contribution < -0.4 is 5.32 Å². The molecule has 1 fully saturated rings. The molecule has 4 nitrogen and oxygen atoms in total. The molecule has 90 valence electrons. The van der Waals surface area contributed by atoms with Crippen molar-refractivity contribution in [3.05, 3.63) is 28.8 Å². The Balaban J connectivity index is 2.00. The second kappa shape index (κ2) is 4.31. The molecular weight excluding hydrogens is 282 g/mol. The Morgan fingerprint density at radius 2 is 2.41 bits per heavy atom. The van der Waals surface area contributed by atoms with E-state index in [4.69, 9.17) is 0 Å². The summed E-state index contributed by atoms with van der Waals surface area (Å²) in [4.78, 5) is 4.54. The van der Waals surface area contributed by atoms with Crippen molar-refractivity contribution >= 4 is 21.4 Å². The first-order chi connectivity index (χ1) is 8.24.